The molecule has 0 bridgehead atoms. The molecule has 176 valence electrons. The number of benzene rings is 1. The van der Waals surface area contributed by atoms with E-state index in [0.717, 1.165) is 74.6 Å². The number of nitrogens with zero attached hydrogens (tertiary/aromatic N) is 4. The third-order valence-electron chi connectivity index (χ3n) is 6.44. The van der Waals surface area contributed by atoms with Gasteiger partial charge in [-0.2, -0.15) is 5.10 Å². The maximum atomic E-state index is 6.59. The lowest BCUT2D eigenvalue weighted by atomic mass is 9.74. The van der Waals surface area contributed by atoms with Gasteiger partial charge in [-0.05, 0) is 30.9 Å². The van der Waals surface area contributed by atoms with E-state index in [1.54, 1.807) is 0 Å². The van der Waals surface area contributed by atoms with E-state index in [9.17, 15) is 0 Å². The minimum absolute atomic E-state index is 0. The van der Waals surface area contributed by atoms with Crippen molar-refractivity contribution in [2.24, 2.45) is 4.99 Å². The molecule has 0 radical (unpaired) electrons. The van der Waals surface area contributed by atoms with Gasteiger partial charge < -0.3 is 15.4 Å². The molecule has 2 aliphatic heterocycles. The zero-order valence-corrected chi connectivity index (χ0v) is 22.2. The third-order valence-corrected chi connectivity index (χ3v) is 6.77. The van der Waals surface area contributed by atoms with Crippen LogP contribution < -0.4 is 10.6 Å². The van der Waals surface area contributed by atoms with Gasteiger partial charge in [0.2, 0.25) is 0 Å². The Labute approximate surface area is 212 Å². The van der Waals surface area contributed by atoms with Gasteiger partial charge in [-0.15, -0.1) is 24.0 Å². The standard InChI is InChI=1S/C23H33ClN6O.HI/c1-16(2)21-28-20-9-8-17(14-30(20)29-21)27-22(25-3)26-15-23(10-12-31-13-11-23)18-6-4-5-7-19(18)24;/h4-7,16-17H,8-15H2,1-3H3,(H2,25,26,27);1H. The van der Waals surface area contributed by atoms with Gasteiger partial charge in [0.25, 0.3) is 0 Å². The van der Waals surface area contributed by atoms with Gasteiger partial charge in [-0.3, -0.25) is 4.99 Å². The summed E-state index contributed by atoms with van der Waals surface area (Å²) < 4.78 is 7.71. The van der Waals surface area contributed by atoms with Gasteiger partial charge in [-0.25, -0.2) is 9.67 Å². The molecule has 1 unspecified atom stereocenters. The van der Waals surface area contributed by atoms with E-state index in [1.807, 2.05) is 23.9 Å². The largest absolute Gasteiger partial charge is 0.381 e. The molecule has 1 fully saturated rings. The quantitative estimate of drug-likeness (QED) is 0.323. The number of halogens is 2. The van der Waals surface area contributed by atoms with E-state index < -0.39 is 0 Å². The number of aryl methyl sites for hydroxylation is 1. The van der Waals surface area contributed by atoms with Crippen LogP contribution in [0.25, 0.3) is 0 Å². The topological polar surface area (TPSA) is 76.4 Å². The summed E-state index contributed by atoms with van der Waals surface area (Å²) >= 11 is 6.59. The first-order chi connectivity index (χ1) is 15.0. The third kappa shape index (κ3) is 5.56. The van der Waals surface area contributed by atoms with Crippen LogP contribution in [0.4, 0.5) is 0 Å². The first kappa shape index (κ1) is 25.2. The van der Waals surface area contributed by atoms with Crippen LogP contribution in [0.2, 0.25) is 5.02 Å². The maximum Gasteiger partial charge on any atom is 0.191 e. The predicted octanol–water partition coefficient (Wildman–Crippen LogP) is 3.90. The number of ether oxygens (including phenoxy) is 1. The van der Waals surface area contributed by atoms with E-state index in [1.165, 1.54) is 5.56 Å². The first-order valence-corrected chi connectivity index (χ1v) is 11.6. The zero-order valence-electron chi connectivity index (χ0n) is 19.1. The van der Waals surface area contributed by atoms with Crippen LogP contribution in [0.15, 0.2) is 29.3 Å². The number of aliphatic imine (C=N–C) groups is 1. The summed E-state index contributed by atoms with van der Waals surface area (Å²) in [6.45, 7) is 7.32. The minimum Gasteiger partial charge on any atom is -0.381 e. The Morgan fingerprint density at radius 3 is 2.75 bits per heavy atom. The molecule has 0 spiro atoms. The van der Waals surface area contributed by atoms with Crippen molar-refractivity contribution in [3.8, 4) is 0 Å². The van der Waals surface area contributed by atoms with Gasteiger partial charge in [0.1, 0.15) is 5.82 Å². The molecule has 0 saturated carbocycles. The highest BCUT2D eigenvalue weighted by molar-refractivity contribution is 14.0. The van der Waals surface area contributed by atoms with Crippen molar-refractivity contribution >= 4 is 41.5 Å². The Balaban J connectivity index is 0.00000289. The Morgan fingerprint density at radius 2 is 2.06 bits per heavy atom. The van der Waals surface area contributed by atoms with Crippen molar-refractivity contribution < 1.29 is 4.74 Å². The van der Waals surface area contributed by atoms with Crippen molar-refractivity contribution in [3.63, 3.8) is 0 Å². The van der Waals surface area contributed by atoms with Crippen LogP contribution in [0.1, 0.15) is 56.2 Å². The summed E-state index contributed by atoms with van der Waals surface area (Å²) in [7, 11) is 1.82. The first-order valence-electron chi connectivity index (χ1n) is 11.2. The Kier molecular flexibility index (Phi) is 8.80. The van der Waals surface area contributed by atoms with Crippen LogP contribution in [-0.4, -0.2) is 53.6 Å². The second-order valence-electron chi connectivity index (χ2n) is 8.90. The second kappa shape index (κ2) is 11.2. The predicted molar refractivity (Wildman–Crippen MR) is 139 cm³/mol. The summed E-state index contributed by atoms with van der Waals surface area (Å²) in [5.74, 6) is 3.18. The lowest BCUT2D eigenvalue weighted by molar-refractivity contribution is 0.0514. The molecule has 4 rings (SSSR count). The van der Waals surface area contributed by atoms with Crippen LogP contribution in [0, 0.1) is 0 Å². The highest BCUT2D eigenvalue weighted by Gasteiger charge is 2.36. The molecule has 7 nitrogen and oxygen atoms in total. The van der Waals surface area contributed by atoms with Crippen molar-refractivity contribution in [1.82, 2.24) is 25.4 Å². The van der Waals surface area contributed by atoms with E-state index in [0.29, 0.717) is 5.92 Å². The van der Waals surface area contributed by atoms with Gasteiger partial charge in [0.15, 0.2) is 11.8 Å². The number of hydrogen-bond acceptors (Lipinski definition) is 4. The Hall–Kier alpha value is -1.39. The summed E-state index contributed by atoms with van der Waals surface area (Å²) in [6.07, 6.45) is 3.81. The number of aromatic nitrogens is 3. The van der Waals surface area contributed by atoms with Crippen LogP contribution in [-0.2, 0) is 23.1 Å². The molecule has 0 amide bonds. The fraction of sp³-hybridized carbons (Fsp3) is 0.609. The van der Waals surface area contributed by atoms with E-state index in [2.05, 4.69) is 46.6 Å². The number of fused-ring (bicyclic) bond motifs is 1. The van der Waals surface area contributed by atoms with Crippen molar-refractivity contribution in [2.45, 2.75) is 63.5 Å². The molecule has 2 N–H and O–H groups in total. The molecule has 32 heavy (non-hydrogen) atoms. The van der Waals surface area contributed by atoms with Gasteiger partial charge in [-0.1, -0.05) is 43.6 Å². The monoisotopic (exact) mass is 572 g/mol. The second-order valence-corrected chi connectivity index (χ2v) is 9.31. The van der Waals surface area contributed by atoms with Gasteiger partial charge in [0, 0.05) is 55.6 Å². The number of hydrogen-bond donors (Lipinski definition) is 2. The Bertz CT molecular complexity index is 925. The molecular formula is C23H34ClIN6O. The molecule has 2 aliphatic rings. The van der Waals surface area contributed by atoms with Crippen molar-refractivity contribution in [3.05, 3.63) is 46.5 Å². The fourth-order valence-electron chi connectivity index (χ4n) is 4.53. The van der Waals surface area contributed by atoms with Crippen LogP contribution in [0.3, 0.4) is 0 Å². The summed E-state index contributed by atoms with van der Waals surface area (Å²) in [6, 6.07) is 8.44. The molecule has 1 atom stereocenters. The summed E-state index contributed by atoms with van der Waals surface area (Å²) in [5.41, 5.74) is 1.13. The van der Waals surface area contributed by atoms with Crippen molar-refractivity contribution in [1.29, 1.82) is 0 Å². The maximum absolute atomic E-state index is 6.59. The van der Waals surface area contributed by atoms with E-state index in [4.69, 9.17) is 21.4 Å². The molecule has 2 aromatic rings. The van der Waals surface area contributed by atoms with Crippen molar-refractivity contribution in [2.75, 3.05) is 26.8 Å². The highest BCUT2D eigenvalue weighted by atomic mass is 127. The minimum atomic E-state index is -0.0635. The summed E-state index contributed by atoms with van der Waals surface area (Å²) in [5, 5.41) is 12.7. The Morgan fingerprint density at radius 1 is 1.31 bits per heavy atom. The lowest BCUT2D eigenvalue weighted by Crippen LogP contribution is -2.51. The van der Waals surface area contributed by atoms with E-state index in [-0.39, 0.29) is 35.4 Å². The molecule has 1 aromatic carbocycles. The van der Waals surface area contributed by atoms with Crippen LogP contribution in [0.5, 0.6) is 0 Å². The van der Waals surface area contributed by atoms with Crippen LogP contribution >= 0.6 is 35.6 Å². The lowest BCUT2D eigenvalue weighted by Gasteiger charge is -2.39. The fourth-order valence-corrected chi connectivity index (χ4v) is 4.86. The normalized spacial score (nSPS) is 20.4. The zero-order chi connectivity index (χ0) is 21.8. The smallest absolute Gasteiger partial charge is 0.191 e. The SMILES string of the molecule is CN=C(NCC1(c2ccccc2Cl)CCOCC1)NC1CCc2nc(C(C)C)nn2C1.I. The van der Waals surface area contributed by atoms with Gasteiger partial charge >= 0.3 is 0 Å². The molecule has 0 aliphatic carbocycles. The molecular weight excluding hydrogens is 539 g/mol. The van der Waals surface area contributed by atoms with Gasteiger partial charge in [0.05, 0.1) is 6.54 Å². The molecule has 9 heteroatoms. The number of guanidine groups is 1. The summed E-state index contributed by atoms with van der Waals surface area (Å²) in [4.78, 5) is 9.17. The molecule has 1 saturated heterocycles. The molecule has 3 heterocycles. The highest BCUT2D eigenvalue weighted by Crippen LogP contribution is 2.38. The number of nitrogens with one attached hydrogen (secondary N) is 2. The average molecular weight is 573 g/mol. The van der Waals surface area contributed by atoms with E-state index >= 15 is 0 Å². The average Bonchev–Trinajstić information content (AvgIpc) is 3.21. The molecule has 1 aromatic heterocycles. The number of rotatable bonds is 5.